The molecule has 0 aromatic heterocycles. The normalized spacial score (nSPS) is 17.1. The van der Waals surface area contributed by atoms with E-state index in [0.29, 0.717) is 6.42 Å². The molecule has 0 saturated carbocycles. The molecule has 2 nitrogen and oxygen atoms in total. The maximum atomic E-state index is 11.9. The maximum absolute atomic E-state index is 11.9. The second kappa shape index (κ2) is 3.89. The first-order chi connectivity index (χ1) is 5.37. The van der Waals surface area contributed by atoms with Gasteiger partial charge in [0.1, 0.15) is 0 Å². The van der Waals surface area contributed by atoms with Gasteiger partial charge in [-0.1, -0.05) is 19.8 Å². The van der Waals surface area contributed by atoms with E-state index in [1.54, 1.807) is 6.92 Å². The summed E-state index contributed by atoms with van der Waals surface area (Å²) in [6.45, 7) is 1.68. The van der Waals surface area contributed by atoms with Crippen molar-refractivity contribution in [2.75, 3.05) is 0 Å². The highest BCUT2D eigenvalue weighted by Crippen LogP contribution is 2.32. The van der Waals surface area contributed by atoms with Crippen molar-refractivity contribution in [3.8, 4) is 0 Å². The minimum absolute atomic E-state index is 0.175. The Kier molecular flexibility index (Phi) is 3.70. The van der Waals surface area contributed by atoms with E-state index >= 15 is 0 Å². The Labute approximate surface area is 68.4 Å². The molecule has 0 saturated heterocycles. The van der Waals surface area contributed by atoms with Gasteiger partial charge in [0.05, 0.1) is 0 Å². The van der Waals surface area contributed by atoms with Crippen molar-refractivity contribution >= 4 is 6.29 Å². The Balaban J connectivity index is 4.35. The van der Waals surface area contributed by atoms with Crippen LogP contribution in [-0.2, 0) is 4.79 Å². The van der Waals surface area contributed by atoms with Crippen molar-refractivity contribution in [1.29, 1.82) is 0 Å². The average molecular weight is 184 g/mol. The summed E-state index contributed by atoms with van der Waals surface area (Å²) in [7, 11) is 0. The summed E-state index contributed by atoms with van der Waals surface area (Å²) in [4.78, 5) is 10.0. The lowest BCUT2D eigenvalue weighted by Gasteiger charge is -2.24. The molecule has 1 unspecified atom stereocenters. The molecular formula is C7H11F3O2. The second-order valence-corrected chi connectivity index (χ2v) is 2.64. The predicted molar refractivity (Wildman–Crippen MR) is 36.6 cm³/mol. The molecule has 0 aromatic rings. The Bertz CT molecular complexity index is 155. The summed E-state index contributed by atoms with van der Waals surface area (Å²) >= 11 is 0. The van der Waals surface area contributed by atoms with Gasteiger partial charge in [0.2, 0.25) is 5.60 Å². The number of carbonyl (C=O) groups excluding carboxylic acids is 1. The first-order valence-electron chi connectivity index (χ1n) is 3.63. The van der Waals surface area contributed by atoms with E-state index in [-0.39, 0.29) is 6.42 Å². The number of halogens is 3. The van der Waals surface area contributed by atoms with E-state index in [2.05, 4.69) is 0 Å². The standard InChI is InChI=1S/C7H11F3O2/c1-2-3-4-6(12,5-11)7(8,9)10/h5,12H,2-4H2,1H3. The first kappa shape index (κ1) is 11.4. The minimum Gasteiger partial charge on any atom is -0.374 e. The molecule has 1 atom stereocenters. The van der Waals surface area contributed by atoms with Crippen LogP contribution in [0.2, 0.25) is 0 Å². The van der Waals surface area contributed by atoms with Gasteiger partial charge in [0.15, 0.2) is 6.29 Å². The third-order valence-electron chi connectivity index (χ3n) is 1.60. The van der Waals surface area contributed by atoms with Gasteiger partial charge in [-0.3, -0.25) is 4.79 Å². The number of alkyl halides is 3. The number of unbranched alkanes of at least 4 members (excludes halogenated alkanes) is 1. The predicted octanol–water partition coefficient (Wildman–Crippen LogP) is 1.67. The number of aliphatic hydroxyl groups is 1. The number of hydrogen-bond acceptors (Lipinski definition) is 2. The number of aldehydes is 1. The smallest absolute Gasteiger partial charge is 0.374 e. The summed E-state index contributed by atoms with van der Waals surface area (Å²) in [5.41, 5.74) is -3.15. The molecule has 0 radical (unpaired) electrons. The third-order valence-corrected chi connectivity index (χ3v) is 1.60. The maximum Gasteiger partial charge on any atom is 0.424 e. The van der Waals surface area contributed by atoms with Gasteiger partial charge in [-0.05, 0) is 6.42 Å². The van der Waals surface area contributed by atoms with E-state index < -0.39 is 24.5 Å². The fourth-order valence-electron chi connectivity index (χ4n) is 0.714. The molecule has 12 heavy (non-hydrogen) atoms. The second-order valence-electron chi connectivity index (χ2n) is 2.64. The molecule has 0 rings (SSSR count). The quantitative estimate of drug-likeness (QED) is 0.675. The van der Waals surface area contributed by atoms with Gasteiger partial charge < -0.3 is 5.11 Å². The van der Waals surface area contributed by atoms with Crippen molar-refractivity contribution in [3.63, 3.8) is 0 Å². The summed E-state index contributed by atoms with van der Waals surface area (Å²) < 4.78 is 35.8. The molecule has 72 valence electrons. The van der Waals surface area contributed by atoms with Crippen LogP contribution < -0.4 is 0 Å². The summed E-state index contributed by atoms with van der Waals surface area (Å²) in [6, 6.07) is 0. The molecule has 0 aliphatic carbocycles. The molecule has 0 spiro atoms. The van der Waals surface area contributed by atoms with Crippen molar-refractivity contribution < 1.29 is 23.1 Å². The van der Waals surface area contributed by atoms with Gasteiger partial charge in [-0.15, -0.1) is 0 Å². The number of rotatable bonds is 4. The fourth-order valence-corrected chi connectivity index (χ4v) is 0.714. The SMILES string of the molecule is CCCCC(O)(C=O)C(F)(F)F. The molecule has 0 fully saturated rings. The molecule has 0 aromatic carbocycles. The van der Waals surface area contributed by atoms with Crippen LogP contribution >= 0.6 is 0 Å². The number of carbonyl (C=O) groups is 1. The minimum atomic E-state index is -4.86. The van der Waals surface area contributed by atoms with E-state index in [1.165, 1.54) is 0 Å². The summed E-state index contributed by atoms with van der Waals surface area (Å²) in [5, 5.41) is 8.79. The Morgan fingerprint density at radius 1 is 1.42 bits per heavy atom. The first-order valence-corrected chi connectivity index (χ1v) is 3.63. The summed E-state index contributed by atoms with van der Waals surface area (Å²) in [5.74, 6) is 0. The molecule has 5 heteroatoms. The van der Waals surface area contributed by atoms with E-state index in [0.717, 1.165) is 0 Å². The van der Waals surface area contributed by atoms with E-state index in [4.69, 9.17) is 5.11 Å². The van der Waals surface area contributed by atoms with Crippen LogP contribution in [0.5, 0.6) is 0 Å². The highest BCUT2D eigenvalue weighted by Gasteiger charge is 2.53. The molecular weight excluding hydrogens is 173 g/mol. The van der Waals surface area contributed by atoms with Gasteiger partial charge in [0, 0.05) is 0 Å². The Hall–Kier alpha value is -0.580. The van der Waals surface area contributed by atoms with Crippen LogP contribution in [0.25, 0.3) is 0 Å². The van der Waals surface area contributed by atoms with Crippen LogP contribution in [0.3, 0.4) is 0 Å². The lowest BCUT2D eigenvalue weighted by Crippen LogP contribution is -2.46. The third kappa shape index (κ3) is 2.48. The average Bonchev–Trinajstić information content (AvgIpc) is 1.98. The molecule has 1 N–H and O–H groups in total. The lowest BCUT2D eigenvalue weighted by molar-refractivity contribution is -0.246. The van der Waals surface area contributed by atoms with Crippen LogP contribution in [0.1, 0.15) is 26.2 Å². The summed E-state index contributed by atoms with van der Waals surface area (Å²) in [6.07, 6.45) is -5.18. The van der Waals surface area contributed by atoms with E-state index in [1.807, 2.05) is 0 Å². The van der Waals surface area contributed by atoms with Crippen molar-refractivity contribution in [2.45, 2.75) is 38.0 Å². The highest BCUT2D eigenvalue weighted by molar-refractivity contribution is 5.63. The van der Waals surface area contributed by atoms with Gasteiger partial charge in [0.25, 0.3) is 0 Å². The Morgan fingerprint density at radius 2 is 1.92 bits per heavy atom. The van der Waals surface area contributed by atoms with Crippen LogP contribution in [-0.4, -0.2) is 23.2 Å². The van der Waals surface area contributed by atoms with Crippen molar-refractivity contribution in [1.82, 2.24) is 0 Å². The molecule has 0 bridgehead atoms. The highest BCUT2D eigenvalue weighted by atomic mass is 19.4. The zero-order valence-corrected chi connectivity index (χ0v) is 6.69. The fraction of sp³-hybridized carbons (Fsp3) is 0.857. The molecule has 0 aliphatic rings. The largest absolute Gasteiger partial charge is 0.424 e. The van der Waals surface area contributed by atoms with Gasteiger partial charge in [-0.25, -0.2) is 0 Å². The molecule has 0 heterocycles. The van der Waals surface area contributed by atoms with Gasteiger partial charge >= 0.3 is 6.18 Å². The monoisotopic (exact) mass is 184 g/mol. The zero-order chi connectivity index (χ0) is 9.83. The van der Waals surface area contributed by atoms with Crippen LogP contribution in [0.4, 0.5) is 13.2 Å². The van der Waals surface area contributed by atoms with Crippen molar-refractivity contribution in [2.24, 2.45) is 0 Å². The van der Waals surface area contributed by atoms with Crippen molar-refractivity contribution in [3.05, 3.63) is 0 Å². The molecule has 0 aliphatic heterocycles. The van der Waals surface area contributed by atoms with Gasteiger partial charge in [-0.2, -0.15) is 13.2 Å². The van der Waals surface area contributed by atoms with Crippen LogP contribution in [0.15, 0.2) is 0 Å². The zero-order valence-electron chi connectivity index (χ0n) is 6.69. The number of hydrogen-bond donors (Lipinski definition) is 1. The topological polar surface area (TPSA) is 37.3 Å². The molecule has 0 amide bonds. The van der Waals surface area contributed by atoms with E-state index in [9.17, 15) is 18.0 Å². The lowest BCUT2D eigenvalue weighted by atomic mass is 9.98. The van der Waals surface area contributed by atoms with Crippen LogP contribution in [0, 0.1) is 0 Å². The Morgan fingerprint density at radius 3 is 2.17 bits per heavy atom.